The van der Waals surface area contributed by atoms with Crippen molar-refractivity contribution < 1.29 is 6.11 Å². The lowest BCUT2D eigenvalue weighted by molar-refractivity contribution is 0.183. The van der Waals surface area contributed by atoms with E-state index < -0.39 is 0 Å². The molecule has 1 atom stereocenters. The third kappa shape index (κ3) is 2.59. The van der Waals surface area contributed by atoms with Crippen molar-refractivity contribution in [3.8, 4) is 5.75 Å². The maximum Gasteiger partial charge on any atom is 0.123 e. The van der Waals surface area contributed by atoms with Crippen molar-refractivity contribution in [2.75, 3.05) is 6.61 Å². The number of hydrogen-bond acceptors (Lipinski definition) is 2. The molecule has 1 spiro atoms. The molecule has 0 saturated heterocycles. The zero-order valence-corrected chi connectivity index (χ0v) is 14.8. The fraction of sp³-hybridized carbons (Fsp3) is 0.435. The molecule has 0 aromatic heterocycles. The van der Waals surface area contributed by atoms with Crippen molar-refractivity contribution in [1.82, 2.24) is 0 Å². The Morgan fingerprint density at radius 3 is 2.88 bits per heavy atom. The third-order valence-corrected chi connectivity index (χ3v) is 6.26. The van der Waals surface area contributed by atoms with Crippen molar-refractivity contribution in [3.05, 3.63) is 59.2 Å². The lowest BCUT2D eigenvalue weighted by Gasteiger charge is -2.36. The minimum absolute atomic E-state index is 0.167. The first-order valence-electron chi connectivity index (χ1n) is 10.0. The molecule has 128 valence electrons. The Balaban J connectivity index is 1.30. The second kappa shape index (κ2) is 5.72. The molecule has 3 aliphatic rings. The van der Waals surface area contributed by atoms with Crippen LogP contribution in [0, 0.1) is 12.8 Å². The first-order chi connectivity index (χ1) is 12.6. The maximum atomic E-state index is 8.81. The second-order valence-corrected chi connectivity index (χ2v) is 7.98. The molecule has 2 heteroatoms. The third-order valence-electron chi connectivity index (χ3n) is 6.26. The first kappa shape index (κ1) is 14.1. The highest BCUT2D eigenvalue weighted by molar-refractivity contribution is 5.94. The topological polar surface area (TPSA) is 21.6 Å². The van der Waals surface area contributed by atoms with Gasteiger partial charge in [0.15, 0.2) is 0 Å². The van der Waals surface area contributed by atoms with Crippen LogP contribution in [0.15, 0.2) is 47.5 Å². The molecule has 1 fully saturated rings. The summed E-state index contributed by atoms with van der Waals surface area (Å²) in [4.78, 5) is 4.77. The molecule has 2 aromatic rings. The molecule has 0 bridgehead atoms. The van der Waals surface area contributed by atoms with Crippen LogP contribution < -0.4 is 4.74 Å². The summed E-state index contributed by atoms with van der Waals surface area (Å²) in [7, 11) is 0. The van der Waals surface area contributed by atoms with E-state index in [0.717, 1.165) is 55.9 Å². The van der Waals surface area contributed by atoms with Crippen LogP contribution in [0.25, 0.3) is 0 Å². The van der Waals surface area contributed by atoms with Gasteiger partial charge in [-0.15, -0.1) is 0 Å². The smallest absolute Gasteiger partial charge is 0.123 e. The summed E-state index contributed by atoms with van der Waals surface area (Å²) in [5.74, 6) is 1.50. The van der Waals surface area contributed by atoms with E-state index in [-0.39, 0.29) is 11.8 Å². The Bertz CT molecular complexity index is 880. The number of hydrogen-bond donors (Lipinski definition) is 0. The standard InChI is InChI=1S/C23H25NO/c1-16-6-7-20-22(12-16)25-15-23(20)10-8-17(9-11-23)13-19-14-18-4-2-3-5-21(18)24-19/h2-7,12,17H,8-11,13-15H2,1H3/i13T. The predicted octanol–water partition coefficient (Wildman–Crippen LogP) is 5.53. The average molecular weight is 333 g/mol. The Morgan fingerprint density at radius 1 is 1.20 bits per heavy atom. The predicted molar refractivity (Wildman–Crippen MR) is 102 cm³/mol. The minimum atomic E-state index is -0.167. The number of aryl methyl sites for hydroxylation is 1. The van der Waals surface area contributed by atoms with Crippen LogP contribution >= 0.6 is 0 Å². The van der Waals surface area contributed by atoms with E-state index in [1.165, 1.54) is 16.7 Å². The van der Waals surface area contributed by atoms with Gasteiger partial charge in [0.2, 0.25) is 0 Å². The van der Waals surface area contributed by atoms with Gasteiger partial charge in [-0.05, 0) is 68.2 Å². The Labute approximate surface area is 151 Å². The number of aliphatic imine (C=N–C) groups is 1. The Morgan fingerprint density at radius 2 is 2.04 bits per heavy atom. The molecule has 5 rings (SSSR count). The molecular weight excluding hydrogens is 306 g/mol. The molecule has 25 heavy (non-hydrogen) atoms. The van der Waals surface area contributed by atoms with Gasteiger partial charge in [-0.25, -0.2) is 0 Å². The summed E-state index contributed by atoms with van der Waals surface area (Å²) >= 11 is 0. The SMILES string of the molecule is [3H]C(C1=Nc2ccccc2C1)C1CCC2(CC1)COc1cc(C)ccc12. The van der Waals surface area contributed by atoms with Crippen LogP contribution in [-0.4, -0.2) is 12.3 Å². The summed E-state index contributed by atoms with van der Waals surface area (Å²) in [6.45, 7) is 2.93. The van der Waals surface area contributed by atoms with Gasteiger partial charge in [-0.2, -0.15) is 0 Å². The second-order valence-electron chi connectivity index (χ2n) is 7.98. The van der Waals surface area contributed by atoms with Gasteiger partial charge in [-0.3, -0.25) is 4.99 Å². The van der Waals surface area contributed by atoms with E-state index >= 15 is 0 Å². The number of nitrogens with zero attached hydrogens (tertiary/aromatic N) is 1. The number of fused-ring (bicyclic) bond motifs is 3. The molecule has 1 unspecified atom stereocenters. The quantitative estimate of drug-likeness (QED) is 0.707. The maximum absolute atomic E-state index is 8.81. The summed E-state index contributed by atoms with van der Waals surface area (Å²) in [6.07, 6.45) is 5.14. The van der Waals surface area contributed by atoms with Crippen LogP contribution in [0.3, 0.4) is 0 Å². The zero-order valence-electron chi connectivity index (χ0n) is 15.8. The molecule has 2 nitrogen and oxygen atoms in total. The molecule has 1 saturated carbocycles. The Kier molecular flexibility index (Phi) is 3.23. The van der Waals surface area contributed by atoms with E-state index in [2.05, 4.69) is 43.3 Å². The van der Waals surface area contributed by atoms with Gasteiger partial charge in [0, 0.05) is 24.5 Å². The lowest BCUT2D eigenvalue weighted by atomic mass is 9.67. The first-order valence-corrected chi connectivity index (χ1v) is 9.46. The fourth-order valence-corrected chi connectivity index (χ4v) is 4.78. The summed E-state index contributed by atoms with van der Waals surface area (Å²) in [5, 5.41) is 0. The lowest BCUT2D eigenvalue weighted by Crippen LogP contribution is -2.33. The molecule has 1 aliphatic carbocycles. The van der Waals surface area contributed by atoms with Crippen LogP contribution in [0.2, 0.25) is 0 Å². The van der Waals surface area contributed by atoms with E-state index in [4.69, 9.17) is 11.1 Å². The molecule has 2 aromatic carbocycles. The fourth-order valence-electron chi connectivity index (χ4n) is 4.78. The highest BCUT2D eigenvalue weighted by atomic mass is 16.5. The molecular formula is C23H25NO. The highest BCUT2D eigenvalue weighted by Crippen LogP contribution is 2.50. The van der Waals surface area contributed by atoms with Crippen LogP contribution in [0.5, 0.6) is 5.75 Å². The van der Waals surface area contributed by atoms with E-state index in [0.29, 0.717) is 5.92 Å². The van der Waals surface area contributed by atoms with Crippen molar-refractivity contribution >= 4 is 11.4 Å². The van der Waals surface area contributed by atoms with Crippen molar-refractivity contribution in [2.45, 2.75) is 50.8 Å². The largest absolute Gasteiger partial charge is 0.492 e. The number of rotatable bonds is 2. The van der Waals surface area contributed by atoms with E-state index in [1.807, 2.05) is 6.07 Å². The number of ether oxygens (including phenoxy) is 1. The van der Waals surface area contributed by atoms with Crippen LogP contribution in [0.1, 0.15) is 50.1 Å². The summed E-state index contributed by atoms with van der Waals surface area (Å²) in [6, 6.07) is 15.0. The van der Waals surface area contributed by atoms with Gasteiger partial charge >= 0.3 is 0 Å². The van der Waals surface area contributed by atoms with Crippen molar-refractivity contribution in [3.63, 3.8) is 0 Å². The van der Waals surface area contributed by atoms with Crippen LogP contribution in [0.4, 0.5) is 5.69 Å². The molecule has 0 amide bonds. The van der Waals surface area contributed by atoms with Crippen molar-refractivity contribution in [1.29, 1.82) is 0 Å². The molecule has 2 aliphatic heterocycles. The van der Waals surface area contributed by atoms with Gasteiger partial charge in [0.05, 0.1) is 12.3 Å². The zero-order chi connectivity index (χ0) is 17.7. The summed E-state index contributed by atoms with van der Waals surface area (Å²) < 4.78 is 14.8. The highest BCUT2D eigenvalue weighted by Gasteiger charge is 2.43. The number of benzene rings is 2. The number of para-hydroxylation sites is 1. The summed E-state index contributed by atoms with van der Waals surface area (Å²) in [5.41, 5.74) is 6.25. The minimum Gasteiger partial charge on any atom is -0.492 e. The van der Waals surface area contributed by atoms with Gasteiger partial charge in [-0.1, -0.05) is 30.3 Å². The molecule has 0 radical (unpaired) electrons. The Hall–Kier alpha value is -2.09. The average Bonchev–Trinajstić information content (AvgIpc) is 3.24. The monoisotopic (exact) mass is 333 g/mol. The molecule has 0 N–H and O–H groups in total. The molecule has 2 heterocycles. The van der Waals surface area contributed by atoms with Gasteiger partial charge in [0.1, 0.15) is 5.75 Å². The van der Waals surface area contributed by atoms with Crippen molar-refractivity contribution in [2.24, 2.45) is 10.9 Å². The van der Waals surface area contributed by atoms with E-state index in [1.54, 1.807) is 0 Å². The van der Waals surface area contributed by atoms with Gasteiger partial charge < -0.3 is 4.74 Å². The van der Waals surface area contributed by atoms with Gasteiger partial charge in [0.25, 0.3) is 0 Å². The normalized spacial score (nSPS) is 28.8. The van der Waals surface area contributed by atoms with E-state index in [9.17, 15) is 0 Å². The van der Waals surface area contributed by atoms with Crippen LogP contribution in [-0.2, 0) is 11.8 Å².